The molecule has 1 aromatic heterocycles. The van der Waals surface area contributed by atoms with Gasteiger partial charge in [0.05, 0.1) is 0 Å². The topological polar surface area (TPSA) is 42.0 Å². The summed E-state index contributed by atoms with van der Waals surface area (Å²) in [6.07, 6.45) is 6.43. The zero-order valence-electron chi connectivity index (χ0n) is 10.4. The Morgan fingerprint density at radius 1 is 1.50 bits per heavy atom. The van der Waals surface area contributed by atoms with Crippen molar-refractivity contribution in [2.24, 2.45) is 0 Å². The van der Waals surface area contributed by atoms with E-state index in [2.05, 4.69) is 16.6 Å². The Kier molecular flexibility index (Phi) is 4.58. The van der Waals surface area contributed by atoms with Crippen LogP contribution in [0.3, 0.4) is 0 Å². The molecule has 18 heavy (non-hydrogen) atoms. The third kappa shape index (κ3) is 3.45. The molecule has 1 aliphatic rings. The lowest BCUT2D eigenvalue weighted by molar-refractivity contribution is 0.0922. The normalized spacial score (nSPS) is 23.7. The van der Waals surface area contributed by atoms with Gasteiger partial charge in [-0.2, -0.15) is 16.2 Å². The van der Waals surface area contributed by atoms with Crippen molar-refractivity contribution in [1.29, 1.82) is 0 Å². The number of hydrogen-bond donors (Lipinski definition) is 1. The number of rotatable bonds is 3. The van der Waals surface area contributed by atoms with E-state index in [4.69, 9.17) is 0 Å². The summed E-state index contributed by atoms with van der Waals surface area (Å²) in [5, 5.41) is 3.56. The van der Waals surface area contributed by atoms with Gasteiger partial charge in [0.2, 0.25) is 5.95 Å². The first-order chi connectivity index (χ1) is 8.69. The predicted octanol–water partition coefficient (Wildman–Crippen LogP) is 2.62. The van der Waals surface area contributed by atoms with Crippen LogP contribution in [0.1, 0.15) is 36.2 Å². The van der Waals surface area contributed by atoms with Gasteiger partial charge in [-0.05, 0) is 37.7 Å². The van der Waals surface area contributed by atoms with Gasteiger partial charge in [0.1, 0.15) is 5.69 Å². The Morgan fingerprint density at radius 3 is 3.06 bits per heavy atom. The number of hydrogen-bond acceptors (Lipinski definition) is 3. The number of carbonyl (C=O) groups excluding carboxylic acids is 1. The molecule has 2 atom stereocenters. The number of amides is 1. The van der Waals surface area contributed by atoms with Crippen molar-refractivity contribution in [2.45, 2.75) is 37.0 Å². The van der Waals surface area contributed by atoms with Crippen molar-refractivity contribution in [2.75, 3.05) is 6.26 Å². The van der Waals surface area contributed by atoms with Crippen LogP contribution in [0.15, 0.2) is 18.2 Å². The molecule has 2 unspecified atom stereocenters. The van der Waals surface area contributed by atoms with Crippen LogP contribution in [0.5, 0.6) is 0 Å². The van der Waals surface area contributed by atoms with Gasteiger partial charge in [0.15, 0.2) is 0 Å². The minimum atomic E-state index is -0.617. The minimum absolute atomic E-state index is 0.154. The second kappa shape index (κ2) is 6.18. The van der Waals surface area contributed by atoms with E-state index < -0.39 is 5.95 Å². The average Bonchev–Trinajstić information content (AvgIpc) is 2.39. The second-order valence-corrected chi connectivity index (χ2v) is 5.68. The van der Waals surface area contributed by atoms with Crippen LogP contribution in [-0.4, -0.2) is 28.4 Å². The van der Waals surface area contributed by atoms with Gasteiger partial charge in [-0.25, -0.2) is 4.98 Å². The van der Waals surface area contributed by atoms with Crippen molar-refractivity contribution in [1.82, 2.24) is 10.3 Å². The van der Waals surface area contributed by atoms with Gasteiger partial charge in [0.25, 0.3) is 5.91 Å². The van der Waals surface area contributed by atoms with E-state index in [1.54, 1.807) is 0 Å². The van der Waals surface area contributed by atoms with E-state index >= 15 is 0 Å². The number of carbonyl (C=O) groups is 1. The molecule has 1 fully saturated rings. The quantitative estimate of drug-likeness (QED) is 0.857. The lowest BCUT2D eigenvalue weighted by Gasteiger charge is -2.28. The highest BCUT2D eigenvalue weighted by molar-refractivity contribution is 7.99. The maximum Gasteiger partial charge on any atom is 0.270 e. The maximum absolute atomic E-state index is 12.9. The van der Waals surface area contributed by atoms with Crippen LogP contribution in [0, 0.1) is 5.95 Å². The van der Waals surface area contributed by atoms with E-state index in [1.807, 2.05) is 11.8 Å². The molecule has 0 bridgehead atoms. The lowest BCUT2D eigenvalue weighted by atomic mass is 9.95. The first kappa shape index (κ1) is 13.3. The fraction of sp³-hybridized carbons (Fsp3) is 0.538. The van der Waals surface area contributed by atoms with Crippen molar-refractivity contribution < 1.29 is 9.18 Å². The number of thioether (sulfide) groups is 1. The van der Waals surface area contributed by atoms with Crippen LogP contribution < -0.4 is 5.32 Å². The summed E-state index contributed by atoms with van der Waals surface area (Å²) in [6, 6.07) is 4.46. The Balaban J connectivity index is 1.95. The van der Waals surface area contributed by atoms with Gasteiger partial charge in [-0.15, -0.1) is 0 Å². The molecule has 0 aromatic carbocycles. The highest BCUT2D eigenvalue weighted by atomic mass is 32.2. The fourth-order valence-corrected chi connectivity index (χ4v) is 3.11. The molecule has 1 amide bonds. The molecule has 1 saturated carbocycles. The largest absolute Gasteiger partial charge is 0.348 e. The summed E-state index contributed by atoms with van der Waals surface area (Å²) in [6.45, 7) is 0. The minimum Gasteiger partial charge on any atom is -0.348 e. The van der Waals surface area contributed by atoms with Gasteiger partial charge < -0.3 is 5.32 Å². The summed E-state index contributed by atoms with van der Waals surface area (Å²) in [4.78, 5) is 15.5. The fourth-order valence-electron chi connectivity index (χ4n) is 2.28. The summed E-state index contributed by atoms with van der Waals surface area (Å²) < 4.78 is 12.9. The molecule has 1 heterocycles. The van der Waals surface area contributed by atoms with Gasteiger partial charge in [-0.1, -0.05) is 12.5 Å². The molecule has 5 heteroatoms. The van der Waals surface area contributed by atoms with Crippen LogP contribution in [0.2, 0.25) is 0 Å². The van der Waals surface area contributed by atoms with Gasteiger partial charge >= 0.3 is 0 Å². The predicted molar refractivity (Wildman–Crippen MR) is 71.2 cm³/mol. The number of nitrogens with one attached hydrogen (secondary N) is 1. The van der Waals surface area contributed by atoms with E-state index in [0.29, 0.717) is 5.25 Å². The number of nitrogens with zero attached hydrogens (tertiary/aromatic N) is 1. The van der Waals surface area contributed by atoms with Crippen LogP contribution >= 0.6 is 11.8 Å². The summed E-state index contributed by atoms with van der Waals surface area (Å²) in [5.41, 5.74) is 0.154. The Bertz CT molecular complexity index is 427. The van der Waals surface area contributed by atoms with E-state index in [0.717, 1.165) is 19.3 Å². The first-order valence-electron chi connectivity index (χ1n) is 6.15. The lowest BCUT2D eigenvalue weighted by Crippen LogP contribution is -2.39. The summed E-state index contributed by atoms with van der Waals surface area (Å²) >= 11 is 1.85. The van der Waals surface area contributed by atoms with E-state index in [1.165, 1.54) is 24.6 Å². The van der Waals surface area contributed by atoms with Crippen molar-refractivity contribution >= 4 is 17.7 Å². The molecule has 1 aromatic rings. The van der Waals surface area contributed by atoms with E-state index in [-0.39, 0.29) is 17.6 Å². The molecule has 2 rings (SSSR count). The average molecular weight is 268 g/mol. The Morgan fingerprint density at radius 2 is 2.33 bits per heavy atom. The number of halogens is 1. The third-order valence-electron chi connectivity index (χ3n) is 3.24. The highest BCUT2D eigenvalue weighted by Gasteiger charge is 2.23. The molecule has 0 spiro atoms. The molecule has 1 N–H and O–H groups in total. The molecular formula is C13H17FN2OS. The second-order valence-electron chi connectivity index (χ2n) is 4.54. The summed E-state index contributed by atoms with van der Waals surface area (Å²) in [5.74, 6) is -0.894. The number of pyridine rings is 1. The van der Waals surface area contributed by atoms with Crippen molar-refractivity contribution in [3.63, 3.8) is 0 Å². The molecule has 98 valence electrons. The molecule has 0 radical (unpaired) electrons. The maximum atomic E-state index is 12.9. The summed E-state index contributed by atoms with van der Waals surface area (Å²) in [7, 11) is 0. The van der Waals surface area contributed by atoms with Crippen molar-refractivity contribution in [3.05, 3.63) is 29.8 Å². The molecular weight excluding hydrogens is 251 g/mol. The van der Waals surface area contributed by atoms with Crippen LogP contribution in [0.25, 0.3) is 0 Å². The van der Waals surface area contributed by atoms with E-state index in [9.17, 15) is 9.18 Å². The third-order valence-corrected chi connectivity index (χ3v) is 4.34. The monoisotopic (exact) mass is 268 g/mol. The standard InChI is InChI=1S/C13H17FN2OS/c1-18-10-5-2-4-9(8-10)15-13(17)11-6-3-7-12(14)16-11/h3,6-7,9-10H,2,4-5,8H2,1H3,(H,15,17). The zero-order chi connectivity index (χ0) is 13.0. The van der Waals surface area contributed by atoms with Gasteiger partial charge in [0, 0.05) is 11.3 Å². The SMILES string of the molecule is CSC1CCCC(NC(=O)c2cccc(F)n2)C1. The van der Waals surface area contributed by atoms with Crippen LogP contribution in [-0.2, 0) is 0 Å². The number of aromatic nitrogens is 1. The smallest absolute Gasteiger partial charge is 0.270 e. The van der Waals surface area contributed by atoms with Crippen LogP contribution in [0.4, 0.5) is 4.39 Å². The molecule has 0 saturated heterocycles. The van der Waals surface area contributed by atoms with Crippen molar-refractivity contribution in [3.8, 4) is 0 Å². The first-order valence-corrected chi connectivity index (χ1v) is 7.44. The Labute approximate surface area is 111 Å². The molecule has 3 nitrogen and oxygen atoms in total. The zero-order valence-corrected chi connectivity index (χ0v) is 11.2. The molecule has 1 aliphatic carbocycles. The highest BCUT2D eigenvalue weighted by Crippen LogP contribution is 2.26. The molecule has 0 aliphatic heterocycles. The Hall–Kier alpha value is -1.10. The van der Waals surface area contributed by atoms with Gasteiger partial charge in [-0.3, -0.25) is 4.79 Å².